The summed E-state index contributed by atoms with van der Waals surface area (Å²) in [6, 6.07) is 3.28. The second-order valence-corrected chi connectivity index (χ2v) is 9.75. The Kier molecular flexibility index (Phi) is 10.9. The summed E-state index contributed by atoms with van der Waals surface area (Å²) in [6.07, 6.45) is 19.6. The van der Waals surface area contributed by atoms with Crippen LogP contribution in [0.5, 0.6) is 0 Å². The van der Waals surface area contributed by atoms with E-state index >= 15 is 0 Å². The summed E-state index contributed by atoms with van der Waals surface area (Å²) in [4.78, 5) is 0. The van der Waals surface area contributed by atoms with Crippen LogP contribution in [-0.4, -0.2) is 8.80 Å². The first-order valence-electron chi connectivity index (χ1n) is 9.23. The smallest absolute Gasteiger partial charge is 0.0512 e. The van der Waals surface area contributed by atoms with Crippen LogP contribution in [0.2, 0.25) is 17.6 Å². The molecule has 0 bridgehead atoms. The normalized spacial score (nSPS) is 17.2. The molecular formula is C18H37Si. The van der Waals surface area contributed by atoms with Gasteiger partial charge in [-0.15, -0.1) is 0 Å². The van der Waals surface area contributed by atoms with Crippen LogP contribution < -0.4 is 0 Å². The first-order valence-corrected chi connectivity index (χ1v) is 11.2. The quantitative estimate of drug-likeness (QED) is 0.283. The van der Waals surface area contributed by atoms with Crippen molar-refractivity contribution < 1.29 is 0 Å². The molecule has 0 spiro atoms. The van der Waals surface area contributed by atoms with Crippen molar-refractivity contribution in [3.8, 4) is 0 Å². The third kappa shape index (κ3) is 8.17. The molecule has 1 radical (unpaired) electrons. The van der Waals surface area contributed by atoms with Gasteiger partial charge in [0.15, 0.2) is 0 Å². The average molecular weight is 282 g/mol. The van der Waals surface area contributed by atoms with Crippen LogP contribution in [0.1, 0.15) is 97.3 Å². The monoisotopic (exact) mass is 281 g/mol. The molecule has 0 aliphatic heterocycles. The maximum atomic E-state index is 2.33. The topological polar surface area (TPSA) is 0 Å². The van der Waals surface area contributed by atoms with Gasteiger partial charge in [0.1, 0.15) is 0 Å². The third-order valence-corrected chi connectivity index (χ3v) is 8.61. The highest BCUT2D eigenvalue weighted by atomic mass is 28.3. The number of rotatable bonds is 11. The van der Waals surface area contributed by atoms with Crippen LogP contribution in [0.15, 0.2) is 0 Å². The Hall–Kier alpha value is 0.217. The fourth-order valence-electron chi connectivity index (χ4n) is 3.60. The zero-order valence-electron chi connectivity index (χ0n) is 13.7. The van der Waals surface area contributed by atoms with Gasteiger partial charge in [0.05, 0.1) is 8.80 Å². The molecule has 0 aromatic rings. The van der Waals surface area contributed by atoms with Crippen molar-refractivity contribution >= 4 is 8.80 Å². The van der Waals surface area contributed by atoms with E-state index in [0.717, 1.165) is 0 Å². The summed E-state index contributed by atoms with van der Waals surface area (Å²) < 4.78 is 0. The van der Waals surface area contributed by atoms with E-state index in [9.17, 15) is 0 Å². The standard InChI is InChI=1S/C18H37Si/c1-3-5-7-12-16-19(17-13-8-6-4-2)18-14-10-9-11-15-18/h18H,3-17H2,1-2H3. The van der Waals surface area contributed by atoms with Crippen molar-refractivity contribution in [2.24, 2.45) is 0 Å². The van der Waals surface area contributed by atoms with Crippen LogP contribution in [0.3, 0.4) is 0 Å². The minimum atomic E-state index is -0.00625. The van der Waals surface area contributed by atoms with E-state index in [1.165, 1.54) is 50.5 Å². The Morgan fingerprint density at radius 3 is 1.68 bits per heavy atom. The van der Waals surface area contributed by atoms with Crippen molar-refractivity contribution in [1.29, 1.82) is 0 Å². The fraction of sp³-hybridized carbons (Fsp3) is 1.00. The number of hydrogen-bond donors (Lipinski definition) is 0. The highest BCUT2D eigenvalue weighted by Crippen LogP contribution is 2.35. The van der Waals surface area contributed by atoms with Gasteiger partial charge < -0.3 is 0 Å². The molecule has 1 aliphatic rings. The van der Waals surface area contributed by atoms with Gasteiger partial charge in [-0.1, -0.05) is 109 Å². The molecule has 0 saturated heterocycles. The molecule has 1 rings (SSSR count). The molecule has 1 saturated carbocycles. The van der Waals surface area contributed by atoms with Gasteiger partial charge in [0, 0.05) is 0 Å². The average Bonchev–Trinajstić information content (AvgIpc) is 2.46. The molecule has 0 N–H and O–H groups in total. The third-order valence-electron chi connectivity index (χ3n) is 4.89. The minimum absolute atomic E-state index is 0.00625. The summed E-state index contributed by atoms with van der Waals surface area (Å²) in [5.41, 5.74) is 1.20. The molecule has 1 heteroatoms. The Bertz CT molecular complexity index is 172. The summed E-state index contributed by atoms with van der Waals surface area (Å²) in [7, 11) is -0.00625. The zero-order valence-corrected chi connectivity index (χ0v) is 14.7. The van der Waals surface area contributed by atoms with Gasteiger partial charge in [-0.2, -0.15) is 0 Å². The second-order valence-electron chi connectivity index (χ2n) is 6.61. The van der Waals surface area contributed by atoms with Crippen molar-refractivity contribution in [1.82, 2.24) is 0 Å². The van der Waals surface area contributed by atoms with Crippen molar-refractivity contribution in [3.63, 3.8) is 0 Å². The van der Waals surface area contributed by atoms with Gasteiger partial charge >= 0.3 is 0 Å². The largest absolute Gasteiger partial charge is 0.0654 e. The predicted molar refractivity (Wildman–Crippen MR) is 90.5 cm³/mol. The summed E-state index contributed by atoms with van der Waals surface area (Å²) in [5.74, 6) is 0. The predicted octanol–water partition coefficient (Wildman–Crippen LogP) is 6.98. The van der Waals surface area contributed by atoms with Crippen molar-refractivity contribution in [2.45, 2.75) is 115 Å². The molecule has 0 heterocycles. The Morgan fingerprint density at radius 2 is 1.21 bits per heavy atom. The second kappa shape index (κ2) is 12.0. The lowest BCUT2D eigenvalue weighted by Crippen LogP contribution is -2.22. The first-order chi connectivity index (χ1) is 9.38. The molecule has 113 valence electrons. The molecule has 0 atom stereocenters. The van der Waals surface area contributed by atoms with E-state index in [-0.39, 0.29) is 8.80 Å². The van der Waals surface area contributed by atoms with Crippen LogP contribution in [-0.2, 0) is 0 Å². The van der Waals surface area contributed by atoms with Crippen molar-refractivity contribution in [2.75, 3.05) is 0 Å². The highest BCUT2D eigenvalue weighted by molar-refractivity contribution is 6.60. The number of unbranched alkanes of at least 4 members (excludes halogenated alkanes) is 6. The van der Waals surface area contributed by atoms with Gasteiger partial charge in [-0.25, -0.2) is 0 Å². The van der Waals surface area contributed by atoms with E-state index < -0.39 is 0 Å². The molecule has 0 amide bonds. The molecule has 0 aromatic carbocycles. The summed E-state index contributed by atoms with van der Waals surface area (Å²) >= 11 is 0. The molecule has 1 fully saturated rings. The maximum Gasteiger partial charge on any atom is 0.0512 e. The molecule has 19 heavy (non-hydrogen) atoms. The minimum Gasteiger partial charge on any atom is -0.0654 e. The van der Waals surface area contributed by atoms with E-state index in [1.807, 2.05) is 0 Å². The van der Waals surface area contributed by atoms with Gasteiger partial charge in [-0.3, -0.25) is 0 Å². The SMILES string of the molecule is CCCCCC[Si](CCCCCC)C1CCCCC1. The lowest BCUT2D eigenvalue weighted by Gasteiger charge is -2.29. The van der Waals surface area contributed by atoms with E-state index in [4.69, 9.17) is 0 Å². The molecule has 0 aromatic heterocycles. The van der Waals surface area contributed by atoms with Crippen LogP contribution in [0.25, 0.3) is 0 Å². The van der Waals surface area contributed by atoms with Crippen LogP contribution in [0, 0.1) is 0 Å². The van der Waals surface area contributed by atoms with Gasteiger partial charge in [-0.05, 0) is 5.54 Å². The molecule has 0 unspecified atom stereocenters. The Morgan fingerprint density at radius 1 is 0.684 bits per heavy atom. The van der Waals surface area contributed by atoms with Gasteiger partial charge in [0.25, 0.3) is 0 Å². The van der Waals surface area contributed by atoms with Gasteiger partial charge in [0.2, 0.25) is 0 Å². The lowest BCUT2D eigenvalue weighted by molar-refractivity contribution is 0.492. The van der Waals surface area contributed by atoms with E-state index in [1.54, 1.807) is 50.6 Å². The molecule has 1 aliphatic carbocycles. The highest BCUT2D eigenvalue weighted by Gasteiger charge is 2.24. The van der Waals surface area contributed by atoms with Crippen molar-refractivity contribution in [3.05, 3.63) is 0 Å². The lowest BCUT2D eigenvalue weighted by atomic mass is 10.0. The van der Waals surface area contributed by atoms with E-state index in [0.29, 0.717) is 0 Å². The zero-order chi connectivity index (χ0) is 13.8. The number of hydrogen-bond acceptors (Lipinski definition) is 0. The summed E-state index contributed by atoms with van der Waals surface area (Å²) in [5, 5.41) is 0. The maximum absolute atomic E-state index is 2.33. The molecule has 0 nitrogen and oxygen atoms in total. The van der Waals surface area contributed by atoms with Crippen LogP contribution >= 0.6 is 0 Å². The van der Waals surface area contributed by atoms with Crippen LogP contribution in [0.4, 0.5) is 0 Å². The van der Waals surface area contributed by atoms with E-state index in [2.05, 4.69) is 13.8 Å². The fourth-order valence-corrected chi connectivity index (χ4v) is 7.30. The summed E-state index contributed by atoms with van der Waals surface area (Å²) in [6.45, 7) is 4.66. The Labute approximate surface area is 124 Å². The molecular weight excluding hydrogens is 244 g/mol. The first kappa shape index (κ1) is 17.3. The Balaban J connectivity index is 2.24.